The summed E-state index contributed by atoms with van der Waals surface area (Å²) in [4.78, 5) is 0. The molecule has 18 heavy (non-hydrogen) atoms. The quantitative estimate of drug-likeness (QED) is 0.659. The van der Waals surface area contributed by atoms with E-state index in [4.69, 9.17) is 4.42 Å². The zero-order chi connectivity index (χ0) is 12.5. The molecule has 88 valence electrons. The summed E-state index contributed by atoms with van der Waals surface area (Å²) < 4.78 is 5.18. The summed E-state index contributed by atoms with van der Waals surface area (Å²) in [6.07, 6.45) is 8.26. The number of allylic oxidation sites excluding steroid dienone is 8. The average Bonchev–Trinajstić information content (AvgIpc) is 3.11. The summed E-state index contributed by atoms with van der Waals surface area (Å²) in [6, 6.07) is 10.5. The third-order valence-electron chi connectivity index (χ3n) is 3.38. The van der Waals surface area contributed by atoms with Gasteiger partial charge >= 0.3 is 5.78 Å². The van der Waals surface area contributed by atoms with Gasteiger partial charge in [0.25, 0.3) is 7.11 Å². The number of carbonyl (C=O) groups excluding carboxylic acids is 1. The maximum Gasteiger partial charge on any atom is 0.343 e. The molecule has 0 bridgehead atoms. The van der Waals surface area contributed by atoms with Crippen molar-refractivity contribution in [2.75, 3.05) is 7.11 Å². The maximum absolute atomic E-state index is 5.18. The summed E-state index contributed by atoms with van der Waals surface area (Å²) in [5.41, 5.74) is 6.74. The molecule has 1 nitrogen and oxygen atoms in total. The lowest BCUT2D eigenvalue weighted by molar-refractivity contribution is -0.417. The molecule has 0 saturated carbocycles. The second-order valence-electron chi connectivity index (χ2n) is 4.47. The zero-order valence-electron chi connectivity index (χ0n) is 10.6. The Hall–Kier alpha value is -2.15. The molecule has 2 aliphatic carbocycles. The summed E-state index contributed by atoms with van der Waals surface area (Å²) in [7, 11) is 1.69. The first-order chi connectivity index (χ1) is 8.81. The predicted molar refractivity (Wildman–Crippen MR) is 75.3 cm³/mol. The van der Waals surface area contributed by atoms with Gasteiger partial charge in [-0.15, -0.1) is 0 Å². The van der Waals surface area contributed by atoms with E-state index in [1.165, 1.54) is 27.9 Å². The fraction of sp³-hybridized carbons (Fsp3) is 0.118. The van der Waals surface area contributed by atoms with Crippen molar-refractivity contribution >= 4 is 11.4 Å². The summed E-state index contributed by atoms with van der Waals surface area (Å²) in [5, 5.41) is 0. The molecular formula is C17H15O+. The van der Waals surface area contributed by atoms with Gasteiger partial charge in [-0.25, -0.2) is 0 Å². The molecule has 0 spiro atoms. The highest BCUT2D eigenvalue weighted by molar-refractivity contribution is 6.06. The first kappa shape index (κ1) is 11.0. The Morgan fingerprint density at radius 1 is 0.833 bits per heavy atom. The van der Waals surface area contributed by atoms with Crippen molar-refractivity contribution in [1.29, 1.82) is 0 Å². The first-order valence-corrected chi connectivity index (χ1v) is 6.09. The van der Waals surface area contributed by atoms with Gasteiger partial charge in [-0.3, -0.25) is 4.42 Å². The van der Waals surface area contributed by atoms with Crippen LogP contribution in [0.5, 0.6) is 0 Å². The van der Waals surface area contributed by atoms with E-state index < -0.39 is 0 Å². The van der Waals surface area contributed by atoms with Crippen LogP contribution in [0.3, 0.4) is 0 Å². The Labute approximate surface area is 107 Å². The van der Waals surface area contributed by atoms with Crippen LogP contribution in [0.1, 0.15) is 12.5 Å². The van der Waals surface area contributed by atoms with E-state index in [2.05, 4.69) is 49.4 Å². The SMILES string of the molecule is C[O+]=C1C=CC(=C2C(C)=C2c2ccccc2)C=C1. The summed E-state index contributed by atoms with van der Waals surface area (Å²) >= 11 is 0. The van der Waals surface area contributed by atoms with E-state index in [1.54, 1.807) is 7.11 Å². The molecule has 0 fully saturated rings. The Morgan fingerprint density at radius 2 is 1.50 bits per heavy atom. The molecule has 0 saturated heterocycles. The molecule has 1 heteroatoms. The van der Waals surface area contributed by atoms with E-state index in [9.17, 15) is 0 Å². The van der Waals surface area contributed by atoms with Crippen molar-refractivity contribution in [2.24, 2.45) is 0 Å². The van der Waals surface area contributed by atoms with Crippen LogP contribution < -0.4 is 0 Å². The fourth-order valence-corrected chi connectivity index (χ4v) is 2.37. The molecule has 1 aromatic carbocycles. The van der Waals surface area contributed by atoms with Gasteiger partial charge in [-0.1, -0.05) is 30.3 Å². The minimum Gasteiger partial charge on any atom is -0.258 e. The van der Waals surface area contributed by atoms with Gasteiger partial charge in [0.1, 0.15) is 0 Å². The molecule has 0 aliphatic heterocycles. The van der Waals surface area contributed by atoms with Gasteiger partial charge in [-0.05, 0) is 46.9 Å². The van der Waals surface area contributed by atoms with Crippen molar-refractivity contribution in [3.63, 3.8) is 0 Å². The minimum absolute atomic E-state index is 0.902. The van der Waals surface area contributed by atoms with E-state index in [-0.39, 0.29) is 0 Å². The Kier molecular flexibility index (Phi) is 2.60. The lowest BCUT2D eigenvalue weighted by atomic mass is 10.0. The van der Waals surface area contributed by atoms with E-state index in [1.807, 2.05) is 12.2 Å². The highest BCUT2D eigenvalue weighted by Crippen LogP contribution is 2.48. The molecule has 1 aromatic rings. The van der Waals surface area contributed by atoms with Crippen LogP contribution in [0.2, 0.25) is 0 Å². The van der Waals surface area contributed by atoms with Gasteiger partial charge in [0.05, 0.1) is 0 Å². The Morgan fingerprint density at radius 3 is 2.11 bits per heavy atom. The number of rotatable bonds is 1. The zero-order valence-corrected chi connectivity index (χ0v) is 10.6. The fourth-order valence-electron chi connectivity index (χ4n) is 2.37. The number of benzene rings is 1. The molecule has 0 unspecified atom stereocenters. The number of ketones is 1. The van der Waals surface area contributed by atoms with E-state index in [0.717, 1.165) is 5.78 Å². The van der Waals surface area contributed by atoms with Crippen LogP contribution in [0.25, 0.3) is 5.57 Å². The molecule has 0 radical (unpaired) electrons. The van der Waals surface area contributed by atoms with E-state index in [0.29, 0.717) is 0 Å². The first-order valence-electron chi connectivity index (χ1n) is 6.09. The third-order valence-corrected chi connectivity index (χ3v) is 3.38. The lowest BCUT2D eigenvalue weighted by Crippen LogP contribution is -1.95. The van der Waals surface area contributed by atoms with Crippen LogP contribution in [0.4, 0.5) is 0 Å². The van der Waals surface area contributed by atoms with Crippen LogP contribution in [-0.2, 0) is 4.42 Å². The van der Waals surface area contributed by atoms with E-state index >= 15 is 0 Å². The normalized spacial score (nSPS) is 17.6. The van der Waals surface area contributed by atoms with Crippen molar-refractivity contribution < 1.29 is 4.42 Å². The molecule has 2 aliphatic rings. The van der Waals surface area contributed by atoms with Crippen LogP contribution in [0, 0.1) is 0 Å². The summed E-state index contributed by atoms with van der Waals surface area (Å²) in [6.45, 7) is 2.18. The highest BCUT2D eigenvalue weighted by atomic mass is 16.4. The van der Waals surface area contributed by atoms with Gasteiger partial charge in [0.2, 0.25) is 0 Å². The third kappa shape index (κ3) is 1.78. The lowest BCUT2D eigenvalue weighted by Gasteiger charge is -1.98. The van der Waals surface area contributed by atoms with Gasteiger partial charge in [0, 0.05) is 12.2 Å². The monoisotopic (exact) mass is 235 g/mol. The minimum atomic E-state index is 0.902. The Balaban J connectivity index is 1.93. The second kappa shape index (κ2) is 4.26. The maximum atomic E-state index is 5.18. The van der Waals surface area contributed by atoms with Crippen molar-refractivity contribution in [1.82, 2.24) is 0 Å². The smallest absolute Gasteiger partial charge is 0.258 e. The average molecular weight is 235 g/mol. The second-order valence-corrected chi connectivity index (χ2v) is 4.47. The number of hydrogen-bond donors (Lipinski definition) is 0. The topological polar surface area (TPSA) is 11.3 Å². The van der Waals surface area contributed by atoms with Crippen molar-refractivity contribution in [3.8, 4) is 0 Å². The Bertz CT molecular complexity index is 619. The molecular weight excluding hydrogens is 220 g/mol. The molecule has 0 atom stereocenters. The number of hydrogen-bond acceptors (Lipinski definition) is 0. The molecule has 0 aromatic heterocycles. The van der Waals surface area contributed by atoms with Gasteiger partial charge < -0.3 is 0 Å². The van der Waals surface area contributed by atoms with Gasteiger partial charge in [-0.2, -0.15) is 0 Å². The predicted octanol–water partition coefficient (Wildman–Crippen LogP) is 3.63. The van der Waals surface area contributed by atoms with Crippen molar-refractivity contribution in [3.05, 3.63) is 76.9 Å². The van der Waals surface area contributed by atoms with Crippen molar-refractivity contribution in [2.45, 2.75) is 6.92 Å². The van der Waals surface area contributed by atoms with Crippen LogP contribution in [0.15, 0.2) is 71.4 Å². The largest absolute Gasteiger partial charge is 0.343 e. The molecule has 0 N–H and O–H groups in total. The highest BCUT2D eigenvalue weighted by Gasteiger charge is 2.29. The van der Waals surface area contributed by atoms with Crippen LogP contribution >= 0.6 is 0 Å². The molecule has 0 heterocycles. The summed E-state index contributed by atoms with van der Waals surface area (Å²) in [5.74, 6) is 0.902. The van der Waals surface area contributed by atoms with Gasteiger partial charge in [0.15, 0.2) is 0 Å². The molecule has 3 rings (SSSR count). The standard InChI is InChI=1S/C17H15O/c1-12-16(13-6-4-3-5-7-13)17(12)14-8-10-15(18-2)11-9-14/h3-11H,1-2H3/q+1. The molecule has 0 amide bonds. The van der Waals surface area contributed by atoms with Crippen LogP contribution in [-0.4, -0.2) is 12.9 Å².